The molecule has 4 heteroatoms. The van der Waals surface area contributed by atoms with Gasteiger partial charge in [0.05, 0.1) is 12.2 Å². The van der Waals surface area contributed by atoms with Crippen molar-refractivity contribution in [3.8, 4) is 0 Å². The number of nitrogens with zero attached hydrogens (tertiary/aromatic N) is 1. The summed E-state index contributed by atoms with van der Waals surface area (Å²) in [6.07, 6.45) is 0. The lowest BCUT2D eigenvalue weighted by atomic mass is 10.1. The highest BCUT2D eigenvalue weighted by atomic mass is 16.5. The third kappa shape index (κ3) is 3.90. The summed E-state index contributed by atoms with van der Waals surface area (Å²) in [4.78, 5) is 0. The van der Waals surface area contributed by atoms with Gasteiger partial charge < -0.3 is 15.7 Å². The maximum atomic E-state index is 8.57. The molecule has 0 aromatic heterocycles. The minimum atomic E-state index is -0.174. The molecular formula is C12H18N2O2. The normalized spacial score (nSPS) is 12.8. The molecule has 1 rings (SSSR count). The molecule has 0 fully saturated rings. The Kier molecular flexibility index (Phi) is 3.90. The Balaban J connectivity index is 2.76. The third-order valence-electron chi connectivity index (χ3n) is 2.00. The molecule has 1 aromatic carbocycles. The number of hydrogen-bond donors (Lipinski definition) is 2. The maximum absolute atomic E-state index is 8.57. The van der Waals surface area contributed by atoms with Gasteiger partial charge in [0.15, 0.2) is 5.84 Å². The Morgan fingerprint density at radius 3 is 2.69 bits per heavy atom. The second-order valence-electron chi connectivity index (χ2n) is 4.59. The number of nitrogens with two attached hydrogens (primary N) is 1. The van der Waals surface area contributed by atoms with E-state index in [0.717, 1.165) is 5.56 Å². The number of oxime groups is 1. The first kappa shape index (κ1) is 12.5. The Hall–Kier alpha value is -1.55. The highest BCUT2D eigenvalue weighted by Crippen LogP contribution is 2.12. The van der Waals surface area contributed by atoms with E-state index >= 15 is 0 Å². The van der Waals surface area contributed by atoms with Crippen LogP contribution in [0, 0.1) is 0 Å². The topological polar surface area (TPSA) is 67.8 Å². The van der Waals surface area contributed by atoms with Crippen molar-refractivity contribution in [3.05, 3.63) is 35.4 Å². The molecule has 3 N–H and O–H groups in total. The highest BCUT2D eigenvalue weighted by Gasteiger charge is 2.10. The zero-order valence-corrected chi connectivity index (χ0v) is 9.90. The third-order valence-corrected chi connectivity index (χ3v) is 2.00. The minimum Gasteiger partial charge on any atom is -0.409 e. The van der Waals surface area contributed by atoms with Gasteiger partial charge in [0.1, 0.15) is 0 Å². The minimum absolute atomic E-state index is 0.109. The predicted molar refractivity (Wildman–Crippen MR) is 63.5 cm³/mol. The molecule has 0 atom stereocenters. The van der Waals surface area contributed by atoms with E-state index in [4.69, 9.17) is 15.7 Å². The Morgan fingerprint density at radius 2 is 2.12 bits per heavy atom. The molecule has 0 bridgehead atoms. The van der Waals surface area contributed by atoms with Crippen LogP contribution in [0.3, 0.4) is 0 Å². The quantitative estimate of drug-likeness (QED) is 0.356. The molecule has 0 saturated heterocycles. The van der Waals surface area contributed by atoms with Crippen molar-refractivity contribution in [2.45, 2.75) is 33.0 Å². The summed E-state index contributed by atoms with van der Waals surface area (Å²) >= 11 is 0. The van der Waals surface area contributed by atoms with E-state index in [1.54, 1.807) is 6.07 Å². The maximum Gasteiger partial charge on any atom is 0.170 e. The molecule has 0 amide bonds. The van der Waals surface area contributed by atoms with E-state index < -0.39 is 0 Å². The summed E-state index contributed by atoms with van der Waals surface area (Å²) in [6.45, 7) is 6.51. The van der Waals surface area contributed by atoms with Crippen LogP contribution >= 0.6 is 0 Å². The summed E-state index contributed by atoms with van der Waals surface area (Å²) in [7, 11) is 0. The molecule has 16 heavy (non-hydrogen) atoms. The number of hydrogen-bond acceptors (Lipinski definition) is 3. The monoisotopic (exact) mass is 222 g/mol. The zero-order valence-electron chi connectivity index (χ0n) is 9.90. The molecule has 0 aliphatic heterocycles. The lowest BCUT2D eigenvalue weighted by molar-refractivity contribution is -0.0149. The Morgan fingerprint density at radius 1 is 1.44 bits per heavy atom. The SMILES string of the molecule is CC(C)(C)OCc1cccc(/C(N)=N/O)c1. The van der Waals surface area contributed by atoms with Gasteiger partial charge in [-0.15, -0.1) is 0 Å². The van der Waals surface area contributed by atoms with Gasteiger partial charge in [0.2, 0.25) is 0 Å². The van der Waals surface area contributed by atoms with Crippen molar-refractivity contribution < 1.29 is 9.94 Å². The average Bonchev–Trinajstić information content (AvgIpc) is 2.25. The van der Waals surface area contributed by atoms with Crippen LogP contribution in [-0.2, 0) is 11.3 Å². The van der Waals surface area contributed by atoms with E-state index in [1.165, 1.54) is 0 Å². The summed E-state index contributed by atoms with van der Waals surface area (Å²) in [6, 6.07) is 7.44. The first-order valence-corrected chi connectivity index (χ1v) is 5.13. The number of ether oxygens (including phenoxy) is 1. The van der Waals surface area contributed by atoms with Crippen molar-refractivity contribution in [2.75, 3.05) is 0 Å². The summed E-state index contributed by atoms with van der Waals surface area (Å²) in [5.41, 5.74) is 7.02. The van der Waals surface area contributed by atoms with Gasteiger partial charge in [0, 0.05) is 5.56 Å². The molecule has 0 aliphatic carbocycles. The lowest BCUT2D eigenvalue weighted by Crippen LogP contribution is -2.19. The molecule has 0 heterocycles. The summed E-state index contributed by atoms with van der Waals surface area (Å²) < 4.78 is 5.64. The van der Waals surface area contributed by atoms with Crippen LogP contribution in [0.5, 0.6) is 0 Å². The van der Waals surface area contributed by atoms with Gasteiger partial charge in [-0.25, -0.2) is 0 Å². The van der Waals surface area contributed by atoms with Crippen LogP contribution in [0.1, 0.15) is 31.9 Å². The van der Waals surface area contributed by atoms with E-state index in [-0.39, 0.29) is 11.4 Å². The number of amidine groups is 1. The van der Waals surface area contributed by atoms with Gasteiger partial charge in [-0.2, -0.15) is 0 Å². The molecule has 1 aromatic rings. The second-order valence-corrected chi connectivity index (χ2v) is 4.59. The molecule has 0 spiro atoms. The van der Waals surface area contributed by atoms with E-state index in [9.17, 15) is 0 Å². The van der Waals surface area contributed by atoms with Crippen LogP contribution in [0.15, 0.2) is 29.4 Å². The van der Waals surface area contributed by atoms with E-state index in [2.05, 4.69) is 5.16 Å². The Bertz CT molecular complexity index is 381. The van der Waals surface area contributed by atoms with Gasteiger partial charge in [-0.1, -0.05) is 23.4 Å². The van der Waals surface area contributed by atoms with Crippen molar-refractivity contribution in [3.63, 3.8) is 0 Å². The van der Waals surface area contributed by atoms with Crippen molar-refractivity contribution in [2.24, 2.45) is 10.9 Å². The largest absolute Gasteiger partial charge is 0.409 e. The Labute approximate surface area is 95.7 Å². The zero-order chi connectivity index (χ0) is 12.2. The standard InChI is InChI=1S/C12H18N2O2/c1-12(2,3)16-8-9-5-4-6-10(7-9)11(13)14-15/h4-7,15H,8H2,1-3H3,(H2,13,14). The second kappa shape index (κ2) is 4.99. The van der Waals surface area contributed by atoms with Crippen LogP contribution in [0.4, 0.5) is 0 Å². The molecular weight excluding hydrogens is 204 g/mol. The first-order valence-electron chi connectivity index (χ1n) is 5.13. The lowest BCUT2D eigenvalue weighted by Gasteiger charge is -2.19. The molecule has 4 nitrogen and oxygen atoms in total. The predicted octanol–water partition coefficient (Wildman–Crippen LogP) is 2.10. The van der Waals surface area contributed by atoms with Gasteiger partial charge in [-0.05, 0) is 32.4 Å². The summed E-state index contributed by atoms with van der Waals surface area (Å²) in [5, 5.41) is 11.5. The number of rotatable bonds is 3. The van der Waals surface area contributed by atoms with Crippen molar-refractivity contribution in [1.29, 1.82) is 0 Å². The van der Waals surface area contributed by atoms with Gasteiger partial charge in [0.25, 0.3) is 0 Å². The molecule has 0 saturated carbocycles. The van der Waals surface area contributed by atoms with Gasteiger partial charge >= 0.3 is 0 Å². The van der Waals surface area contributed by atoms with Crippen LogP contribution in [0.2, 0.25) is 0 Å². The smallest absolute Gasteiger partial charge is 0.170 e. The summed E-state index contributed by atoms with van der Waals surface area (Å²) in [5.74, 6) is 0.109. The van der Waals surface area contributed by atoms with E-state index in [1.807, 2.05) is 39.0 Å². The molecule has 0 aliphatic rings. The van der Waals surface area contributed by atoms with Crippen LogP contribution in [-0.4, -0.2) is 16.6 Å². The fourth-order valence-corrected chi connectivity index (χ4v) is 1.18. The molecule has 0 unspecified atom stereocenters. The fraction of sp³-hybridized carbons (Fsp3) is 0.417. The van der Waals surface area contributed by atoms with Crippen LogP contribution in [0.25, 0.3) is 0 Å². The molecule has 88 valence electrons. The highest BCUT2D eigenvalue weighted by molar-refractivity contribution is 5.97. The van der Waals surface area contributed by atoms with Crippen molar-refractivity contribution >= 4 is 5.84 Å². The molecule has 0 radical (unpaired) electrons. The number of benzene rings is 1. The average molecular weight is 222 g/mol. The van der Waals surface area contributed by atoms with Crippen LogP contribution < -0.4 is 5.73 Å². The van der Waals surface area contributed by atoms with Gasteiger partial charge in [-0.3, -0.25) is 0 Å². The van der Waals surface area contributed by atoms with E-state index in [0.29, 0.717) is 12.2 Å². The van der Waals surface area contributed by atoms with Crippen molar-refractivity contribution in [1.82, 2.24) is 0 Å². The fourth-order valence-electron chi connectivity index (χ4n) is 1.18. The first-order chi connectivity index (χ1) is 7.42.